The van der Waals surface area contributed by atoms with Crippen molar-refractivity contribution in [1.29, 1.82) is 0 Å². The van der Waals surface area contributed by atoms with Gasteiger partial charge in [0.1, 0.15) is 6.04 Å². The number of β-amino-alcohol motifs (C(OH)–C–C–N with tert-alkyl or cyclic N) is 1. The van der Waals surface area contributed by atoms with Crippen LogP contribution >= 0.6 is 0 Å². The first kappa shape index (κ1) is 15.9. The summed E-state index contributed by atoms with van der Waals surface area (Å²) in [6.07, 6.45) is 0.464. The zero-order chi connectivity index (χ0) is 14.6. The van der Waals surface area contributed by atoms with Crippen LogP contribution in [0.1, 0.15) is 33.1 Å². The van der Waals surface area contributed by atoms with Crippen LogP contribution in [-0.4, -0.2) is 52.2 Å². The van der Waals surface area contributed by atoms with Crippen molar-refractivity contribution in [3.63, 3.8) is 0 Å². The van der Waals surface area contributed by atoms with E-state index in [1.807, 2.05) is 0 Å². The van der Waals surface area contributed by atoms with Crippen molar-refractivity contribution in [1.82, 2.24) is 4.90 Å². The van der Waals surface area contributed by atoms with Gasteiger partial charge in [0, 0.05) is 19.4 Å². The maximum atomic E-state index is 12.2. The van der Waals surface area contributed by atoms with Crippen LogP contribution in [0.3, 0.4) is 0 Å². The lowest BCUT2D eigenvalue weighted by Gasteiger charge is -2.24. The number of aliphatic hydroxyl groups excluding tert-OH is 1. The van der Waals surface area contributed by atoms with E-state index in [2.05, 4.69) is 13.8 Å². The molecule has 3 atom stereocenters. The highest BCUT2D eigenvalue weighted by Gasteiger charge is 2.39. The Balaban J connectivity index is 2.63. The second-order valence-corrected chi connectivity index (χ2v) is 5.73. The van der Waals surface area contributed by atoms with Crippen LogP contribution in [0.4, 0.5) is 0 Å². The van der Waals surface area contributed by atoms with E-state index in [0.717, 1.165) is 6.42 Å². The molecule has 1 fully saturated rings. The summed E-state index contributed by atoms with van der Waals surface area (Å²) in [6, 6.07) is -0.903. The van der Waals surface area contributed by atoms with E-state index in [9.17, 15) is 14.7 Å². The minimum absolute atomic E-state index is 0.0692. The molecule has 0 aromatic rings. The first-order valence-electron chi connectivity index (χ1n) is 6.75. The van der Waals surface area contributed by atoms with Crippen LogP contribution in [0, 0.1) is 11.8 Å². The number of carboxylic acids is 1. The van der Waals surface area contributed by atoms with Gasteiger partial charge in [-0.25, -0.2) is 4.79 Å². The molecule has 6 nitrogen and oxygen atoms in total. The Bertz CT molecular complexity index is 333. The van der Waals surface area contributed by atoms with Crippen molar-refractivity contribution in [2.24, 2.45) is 17.6 Å². The molecule has 0 bridgehead atoms. The van der Waals surface area contributed by atoms with Crippen molar-refractivity contribution in [2.45, 2.75) is 45.3 Å². The third-order valence-corrected chi connectivity index (χ3v) is 3.49. The van der Waals surface area contributed by atoms with Gasteiger partial charge in [0.15, 0.2) is 0 Å². The Hall–Kier alpha value is -1.14. The van der Waals surface area contributed by atoms with Gasteiger partial charge in [-0.3, -0.25) is 4.79 Å². The minimum Gasteiger partial charge on any atom is -0.480 e. The third kappa shape index (κ3) is 4.47. The number of aliphatic hydroxyl groups is 1. The number of nitrogens with two attached hydrogens (primary N) is 1. The SMILES string of the molecule is CC(C)C[C@H](CN)CC(=O)N1CC(O)C[C@H]1C(=O)O. The molecule has 1 rings (SSSR count). The van der Waals surface area contributed by atoms with E-state index < -0.39 is 18.1 Å². The Kier molecular flexibility index (Phi) is 5.75. The summed E-state index contributed by atoms with van der Waals surface area (Å²) in [5.74, 6) is -0.765. The average molecular weight is 272 g/mol. The number of likely N-dealkylation sites (tertiary alicyclic amines) is 1. The predicted molar refractivity (Wildman–Crippen MR) is 70.4 cm³/mol. The summed E-state index contributed by atoms with van der Waals surface area (Å²) >= 11 is 0. The van der Waals surface area contributed by atoms with E-state index in [4.69, 9.17) is 10.8 Å². The van der Waals surface area contributed by atoms with Gasteiger partial charge in [-0.15, -0.1) is 0 Å². The average Bonchev–Trinajstić information content (AvgIpc) is 2.70. The molecule has 0 aliphatic carbocycles. The van der Waals surface area contributed by atoms with E-state index in [0.29, 0.717) is 12.5 Å². The number of carbonyl (C=O) groups excluding carboxylic acids is 1. The van der Waals surface area contributed by atoms with E-state index >= 15 is 0 Å². The number of hydrogen-bond acceptors (Lipinski definition) is 4. The maximum Gasteiger partial charge on any atom is 0.326 e. The first-order chi connectivity index (χ1) is 8.85. The second-order valence-electron chi connectivity index (χ2n) is 5.73. The maximum absolute atomic E-state index is 12.2. The van der Waals surface area contributed by atoms with E-state index in [1.54, 1.807) is 0 Å². The molecule has 4 N–H and O–H groups in total. The third-order valence-electron chi connectivity index (χ3n) is 3.49. The van der Waals surface area contributed by atoms with Crippen molar-refractivity contribution in [3.8, 4) is 0 Å². The molecule has 0 saturated carbocycles. The molecule has 19 heavy (non-hydrogen) atoms. The minimum atomic E-state index is -1.06. The van der Waals surface area contributed by atoms with Crippen LogP contribution in [0.15, 0.2) is 0 Å². The second kappa shape index (κ2) is 6.86. The zero-order valence-corrected chi connectivity index (χ0v) is 11.6. The molecular formula is C13H24N2O4. The fourth-order valence-corrected chi connectivity index (χ4v) is 2.62. The van der Waals surface area contributed by atoms with Crippen LogP contribution in [0.25, 0.3) is 0 Å². The summed E-state index contributed by atoms with van der Waals surface area (Å²) in [6.45, 7) is 4.65. The van der Waals surface area contributed by atoms with E-state index in [-0.39, 0.29) is 31.2 Å². The predicted octanol–water partition coefficient (Wildman–Crippen LogP) is 0.0439. The van der Waals surface area contributed by atoms with Gasteiger partial charge < -0.3 is 20.8 Å². The Labute approximate surface area is 113 Å². The lowest BCUT2D eigenvalue weighted by molar-refractivity contribution is -0.148. The lowest BCUT2D eigenvalue weighted by Crippen LogP contribution is -2.41. The summed E-state index contributed by atoms with van der Waals surface area (Å²) < 4.78 is 0. The summed E-state index contributed by atoms with van der Waals surface area (Å²) in [5.41, 5.74) is 5.65. The highest BCUT2D eigenvalue weighted by molar-refractivity contribution is 5.84. The largest absolute Gasteiger partial charge is 0.480 e. The Morgan fingerprint density at radius 2 is 2.05 bits per heavy atom. The standard InChI is InChI=1S/C13H24N2O4/c1-8(2)3-9(6-14)4-12(17)15-7-10(16)5-11(15)13(18)19/h8-11,16H,3-7,14H2,1-2H3,(H,18,19)/t9-,10?,11-/m0/s1. The topological polar surface area (TPSA) is 104 Å². The first-order valence-corrected chi connectivity index (χ1v) is 6.75. The Morgan fingerprint density at radius 3 is 2.53 bits per heavy atom. The number of hydrogen-bond donors (Lipinski definition) is 3. The molecule has 1 aliphatic rings. The highest BCUT2D eigenvalue weighted by atomic mass is 16.4. The van der Waals surface area contributed by atoms with Gasteiger partial charge in [0.2, 0.25) is 5.91 Å². The molecule has 1 saturated heterocycles. The van der Waals surface area contributed by atoms with Crippen LogP contribution < -0.4 is 5.73 Å². The van der Waals surface area contributed by atoms with Gasteiger partial charge in [0.25, 0.3) is 0 Å². The monoisotopic (exact) mass is 272 g/mol. The molecule has 1 unspecified atom stereocenters. The van der Waals surface area contributed by atoms with E-state index in [1.165, 1.54) is 4.90 Å². The number of nitrogens with zero attached hydrogens (tertiary/aromatic N) is 1. The van der Waals surface area contributed by atoms with Gasteiger partial charge in [-0.05, 0) is 24.8 Å². The molecule has 110 valence electrons. The van der Waals surface area contributed by atoms with Gasteiger partial charge in [0.05, 0.1) is 6.10 Å². The number of amides is 1. The summed E-state index contributed by atoms with van der Waals surface area (Å²) in [4.78, 5) is 24.5. The lowest BCUT2D eigenvalue weighted by atomic mass is 9.93. The van der Waals surface area contributed by atoms with Crippen molar-refractivity contribution >= 4 is 11.9 Å². The molecule has 6 heteroatoms. The molecule has 0 aromatic heterocycles. The molecule has 1 heterocycles. The van der Waals surface area contributed by atoms with Crippen LogP contribution in [0.2, 0.25) is 0 Å². The van der Waals surface area contributed by atoms with Crippen LogP contribution in [0.5, 0.6) is 0 Å². The molecule has 0 spiro atoms. The van der Waals surface area contributed by atoms with Crippen LogP contribution in [-0.2, 0) is 9.59 Å². The van der Waals surface area contributed by atoms with Crippen molar-refractivity contribution in [3.05, 3.63) is 0 Å². The van der Waals surface area contributed by atoms with Crippen molar-refractivity contribution < 1.29 is 19.8 Å². The summed E-state index contributed by atoms with van der Waals surface area (Å²) in [5, 5.41) is 18.6. The zero-order valence-electron chi connectivity index (χ0n) is 11.6. The fraction of sp³-hybridized carbons (Fsp3) is 0.846. The number of rotatable bonds is 6. The number of carbonyl (C=O) groups is 2. The van der Waals surface area contributed by atoms with Crippen molar-refractivity contribution in [2.75, 3.05) is 13.1 Å². The van der Waals surface area contributed by atoms with Gasteiger partial charge in [-0.2, -0.15) is 0 Å². The molecule has 0 aromatic carbocycles. The molecule has 0 radical (unpaired) electrons. The highest BCUT2D eigenvalue weighted by Crippen LogP contribution is 2.22. The molecule has 1 amide bonds. The smallest absolute Gasteiger partial charge is 0.326 e. The number of carboxylic acid groups (broad SMARTS) is 1. The summed E-state index contributed by atoms with van der Waals surface area (Å²) in [7, 11) is 0. The fourth-order valence-electron chi connectivity index (χ4n) is 2.62. The molecule has 1 aliphatic heterocycles. The molecular weight excluding hydrogens is 248 g/mol. The number of aliphatic carboxylic acids is 1. The normalized spacial score (nSPS) is 24.8. The Morgan fingerprint density at radius 1 is 1.42 bits per heavy atom. The quantitative estimate of drug-likeness (QED) is 0.633. The van der Waals surface area contributed by atoms with Gasteiger partial charge in [-0.1, -0.05) is 13.8 Å². The van der Waals surface area contributed by atoms with Gasteiger partial charge >= 0.3 is 5.97 Å².